The normalized spacial score (nSPS) is 12.7. The highest BCUT2D eigenvalue weighted by molar-refractivity contribution is 14.0. The lowest BCUT2D eigenvalue weighted by molar-refractivity contribution is -0.274. The molecule has 0 bridgehead atoms. The highest BCUT2D eigenvalue weighted by Crippen LogP contribution is 2.29. The molecule has 0 heterocycles. The Balaban J connectivity index is 0.00000364. The van der Waals surface area contributed by atoms with Crippen LogP contribution in [0, 0.1) is 5.82 Å². The average molecular weight is 499 g/mol. The first-order valence-corrected chi connectivity index (χ1v) is 7.57. The van der Waals surface area contributed by atoms with Crippen molar-refractivity contribution >= 4 is 35.6 Å². The van der Waals surface area contributed by atoms with Gasteiger partial charge in [-0.15, -0.1) is 37.1 Å². The lowest BCUT2D eigenvalue weighted by Crippen LogP contribution is -2.26. The van der Waals surface area contributed by atoms with E-state index in [1.807, 2.05) is 0 Å². The fourth-order valence-corrected chi connectivity index (χ4v) is 1.98. The van der Waals surface area contributed by atoms with Gasteiger partial charge in [-0.25, -0.2) is 9.38 Å². The van der Waals surface area contributed by atoms with Gasteiger partial charge in [-0.05, 0) is 31.2 Å². The van der Waals surface area contributed by atoms with Crippen molar-refractivity contribution in [1.82, 2.24) is 0 Å². The zero-order chi connectivity index (χ0) is 19.2. The average Bonchev–Trinajstić information content (AvgIpc) is 2.56. The van der Waals surface area contributed by atoms with Crippen molar-refractivity contribution in [2.45, 2.75) is 19.4 Å². The Morgan fingerprint density at radius 2 is 1.70 bits per heavy atom. The van der Waals surface area contributed by atoms with Crippen LogP contribution in [0.1, 0.15) is 6.92 Å². The minimum Gasteiger partial charge on any atom is -0.486 e. The van der Waals surface area contributed by atoms with Gasteiger partial charge in [-0.3, -0.25) is 0 Å². The molecule has 0 spiro atoms. The number of hydrogen-bond donors (Lipinski definition) is 2. The van der Waals surface area contributed by atoms with Gasteiger partial charge in [0.05, 0.1) is 12.2 Å². The minimum atomic E-state index is -4.83. The van der Waals surface area contributed by atoms with Crippen molar-refractivity contribution in [3.8, 4) is 11.5 Å². The van der Waals surface area contributed by atoms with Gasteiger partial charge in [-0.2, -0.15) is 0 Å². The number of nitrogens with zero attached hydrogens (tertiary/aromatic N) is 1. The number of ether oxygens (including phenoxy) is 2. The molecule has 0 fully saturated rings. The van der Waals surface area contributed by atoms with Gasteiger partial charge >= 0.3 is 6.36 Å². The zero-order valence-corrected chi connectivity index (χ0v) is 16.5. The van der Waals surface area contributed by atoms with Crippen LogP contribution in [0.4, 0.5) is 23.2 Å². The van der Waals surface area contributed by atoms with E-state index in [2.05, 4.69) is 15.0 Å². The van der Waals surface area contributed by atoms with E-state index in [0.717, 1.165) is 6.07 Å². The second-order valence-corrected chi connectivity index (χ2v) is 5.25. The summed E-state index contributed by atoms with van der Waals surface area (Å²) >= 11 is 0. The Bertz CT molecular complexity index is 772. The van der Waals surface area contributed by atoms with E-state index in [1.165, 1.54) is 36.4 Å². The summed E-state index contributed by atoms with van der Waals surface area (Å²) in [6.07, 6.45) is -5.33. The maximum absolute atomic E-state index is 13.5. The topological polar surface area (TPSA) is 68.9 Å². The van der Waals surface area contributed by atoms with E-state index in [1.54, 1.807) is 13.0 Å². The molecule has 27 heavy (non-hydrogen) atoms. The fourth-order valence-electron chi connectivity index (χ4n) is 1.98. The third-order valence-corrected chi connectivity index (χ3v) is 3.06. The number of para-hydroxylation sites is 3. The molecular formula is C17H18F4IN3O2. The van der Waals surface area contributed by atoms with E-state index >= 15 is 0 Å². The van der Waals surface area contributed by atoms with Crippen LogP contribution in [-0.2, 0) is 0 Å². The number of hydrogen-bond acceptors (Lipinski definition) is 3. The molecule has 2 aromatic rings. The predicted molar refractivity (Wildman–Crippen MR) is 105 cm³/mol. The highest BCUT2D eigenvalue weighted by Gasteiger charge is 2.32. The summed E-state index contributed by atoms with van der Waals surface area (Å²) in [7, 11) is 0. The minimum absolute atomic E-state index is 0. The summed E-state index contributed by atoms with van der Waals surface area (Å²) in [6, 6.07) is 11.3. The molecule has 1 unspecified atom stereocenters. The van der Waals surface area contributed by atoms with Crippen LogP contribution in [0.2, 0.25) is 0 Å². The molecule has 0 amide bonds. The Kier molecular flexibility index (Phi) is 8.60. The van der Waals surface area contributed by atoms with Crippen molar-refractivity contribution in [1.29, 1.82) is 0 Å². The highest BCUT2D eigenvalue weighted by atomic mass is 127. The smallest absolute Gasteiger partial charge is 0.486 e. The first-order valence-electron chi connectivity index (χ1n) is 7.57. The number of guanidine groups is 1. The molecule has 0 aromatic heterocycles. The standard InChI is InChI=1S/C17H17F4N3O2.HI/c1-11(25-14-8-4-2-6-12(14)18)10-23-16(22)24-13-7-3-5-9-15(13)26-17(19,20)21;/h2-9,11H,10H2,1H3,(H3,22,23,24);1H. The van der Waals surface area contributed by atoms with Gasteiger partial charge in [0.25, 0.3) is 0 Å². The van der Waals surface area contributed by atoms with E-state index in [9.17, 15) is 17.6 Å². The first-order chi connectivity index (χ1) is 12.2. The molecule has 5 nitrogen and oxygen atoms in total. The van der Waals surface area contributed by atoms with Crippen molar-refractivity contribution in [2.75, 3.05) is 11.9 Å². The second-order valence-electron chi connectivity index (χ2n) is 5.25. The monoisotopic (exact) mass is 499 g/mol. The molecule has 2 rings (SSSR count). The molecule has 2 aromatic carbocycles. The van der Waals surface area contributed by atoms with Crippen LogP contribution >= 0.6 is 24.0 Å². The summed E-state index contributed by atoms with van der Waals surface area (Å²) < 4.78 is 60.0. The fraction of sp³-hybridized carbons (Fsp3) is 0.235. The number of nitrogens with one attached hydrogen (secondary N) is 1. The number of rotatable bonds is 6. The number of benzene rings is 2. The van der Waals surface area contributed by atoms with Gasteiger partial charge in [0.15, 0.2) is 23.3 Å². The van der Waals surface area contributed by atoms with Crippen LogP contribution in [0.3, 0.4) is 0 Å². The van der Waals surface area contributed by atoms with Crippen LogP contribution in [-0.4, -0.2) is 25.0 Å². The zero-order valence-electron chi connectivity index (χ0n) is 14.2. The van der Waals surface area contributed by atoms with Crippen molar-refractivity contribution in [2.24, 2.45) is 10.7 Å². The Hall–Kier alpha value is -2.24. The summed E-state index contributed by atoms with van der Waals surface area (Å²) in [5.41, 5.74) is 5.69. The molecule has 0 aliphatic rings. The quantitative estimate of drug-likeness (QED) is 0.265. The third-order valence-electron chi connectivity index (χ3n) is 3.06. The van der Waals surface area contributed by atoms with Crippen LogP contribution in [0.5, 0.6) is 11.5 Å². The van der Waals surface area contributed by atoms with Crippen molar-refractivity contribution < 1.29 is 27.0 Å². The van der Waals surface area contributed by atoms with Crippen molar-refractivity contribution in [3.05, 3.63) is 54.3 Å². The summed E-state index contributed by atoms with van der Waals surface area (Å²) in [4.78, 5) is 3.98. The molecule has 0 saturated heterocycles. The SMILES string of the molecule is CC(CN=C(N)Nc1ccccc1OC(F)(F)F)Oc1ccccc1F.I. The lowest BCUT2D eigenvalue weighted by atomic mass is 10.3. The van der Waals surface area contributed by atoms with Crippen LogP contribution in [0.15, 0.2) is 53.5 Å². The number of alkyl halides is 3. The van der Waals surface area contributed by atoms with Crippen LogP contribution < -0.4 is 20.5 Å². The Morgan fingerprint density at radius 3 is 2.33 bits per heavy atom. The molecule has 10 heteroatoms. The van der Waals surface area contributed by atoms with Gasteiger partial charge in [0, 0.05) is 0 Å². The molecule has 0 aliphatic heterocycles. The van der Waals surface area contributed by atoms with E-state index < -0.39 is 24.0 Å². The first kappa shape index (κ1) is 22.8. The number of nitrogens with two attached hydrogens (primary N) is 1. The maximum atomic E-state index is 13.5. The van der Waals surface area contributed by atoms with Crippen molar-refractivity contribution in [3.63, 3.8) is 0 Å². The molecule has 0 saturated carbocycles. The van der Waals surface area contributed by atoms with E-state index in [0.29, 0.717) is 0 Å². The molecular weight excluding hydrogens is 481 g/mol. The van der Waals surface area contributed by atoms with E-state index in [-0.39, 0.29) is 47.9 Å². The van der Waals surface area contributed by atoms with Gasteiger partial charge in [0.1, 0.15) is 6.10 Å². The number of aliphatic imine (C=N–C) groups is 1. The van der Waals surface area contributed by atoms with Gasteiger partial charge in [0.2, 0.25) is 0 Å². The second kappa shape index (κ2) is 10.2. The molecule has 148 valence electrons. The third kappa shape index (κ3) is 7.89. The van der Waals surface area contributed by atoms with Crippen LogP contribution in [0.25, 0.3) is 0 Å². The Labute approximate surface area is 170 Å². The lowest BCUT2D eigenvalue weighted by Gasteiger charge is -2.15. The maximum Gasteiger partial charge on any atom is 0.573 e. The summed E-state index contributed by atoms with van der Waals surface area (Å²) in [5.74, 6) is -1.00. The van der Waals surface area contributed by atoms with Gasteiger partial charge in [-0.1, -0.05) is 24.3 Å². The molecule has 1 atom stereocenters. The summed E-state index contributed by atoms with van der Waals surface area (Å²) in [5, 5.41) is 2.54. The largest absolute Gasteiger partial charge is 0.573 e. The molecule has 0 aliphatic carbocycles. The number of anilines is 1. The van der Waals surface area contributed by atoms with Gasteiger partial charge < -0.3 is 20.5 Å². The van der Waals surface area contributed by atoms with E-state index in [4.69, 9.17) is 10.5 Å². The Morgan fingerprint density at radius 1 is 1.11 bits per heavy atom. The molecule has 3 N–H and O–H groups in total. The summed E-state index contributed by atoms with van der Waals surface area (Å²) in [6.45, 7) is 1.72. The number of halogens is 5. The predicted octanol–water partition coefficient (Wildman–Crippen LogP) is 4.54. The molecule has 0 radical (unpaired) electrons.